The van der Waals surface area contributed by atoms with Gasteiger partial charge < -0.3 is 9.72 Å². The molecule has 0 spiro atoms. The van der Waals surface area contributed by atoms with Crippen LogP contribution >= 0.6 is 0 Å². The number of benzene rings is 1. The molecule has 1 saturated heterocycles. The molecule has 3 rings (SSSR count). The van der Waals surface area contributed by atoms with Crippen molar-refractivity contribution in [2.45, 2.75) is 12.8 Å². The van der Waals surface area contributed by atoms with E-state index in [1.807, 2.05) is 18.2 Å². The molecule has 17 heavy (non-hydrogen) atoms. The number of hydrogen-bond acceptors (Lipinski definition) is 3. The van der Waals surface area contributed by atoms with Gasteiger partial charge in [-0.3, -0.25) is 4.79 Å². The molecule has 1 aromatic carbocycles. The summed E-state index contributed by atoms with van der Waals surface area (Å²) in [6.07, 6.45) is 3.31. The number of aromatic nitrogens is 2. The highest BCUT2D eigenvalue weighted by molar-refractivity contribution is 6.00. The van der Waals surface area contributed by atoms with E-state index >= 15 is 0 Å². The van der Waals surface area contributed by atoms with E-state index in [1.54, 1.807) is 6.33 Å². The maximum absolute atomic E-state index is 12.3. The highest BCUT2D eigenvalue weighted by Gasteiger charge is 2.22. The van der Waals surface area contributed by atoms with E-state index in [2.05, 4.69) is 9.97 Å². The number of nitrogens with zero attached hydrogens (tertiary/aromatic N) is 1. The zero-order chi connectivity index (χ0) is 11.7. The zero-order valence-corrected chi connectivity index (χ0v) is 9.48. The van der Waals surface area contributed by atoms with Crippen LogP contribution < -0.4 is 0 Å². The third-order valence-electron chi connectivity index (χ3n) is 3.30. The Labute approximate surface area is 99.0 Å². The van der Waals surface area contributed by atoms with Gasteiger partial charge in [0, 0.05) is 24.7 Å². The van der Waals surface area contributed by atoms with Gasteiger partial charge in [-0.2, -0.15) is 0 Å². The Morgan fingerprint density at radius 1 is 1.35 bits per heavy atom. The molecular weight excluding hydrogens is 216 g/mol. The van der Waals surface area contributed by atoms with Crippen LogP contribution in [0.4, 0.5) is 0 Å². The van der Waals surface area contributed by atoms with Crippen LogP contribution in [0.5, 0.6) is 0 Å². The van der Waals surface area contributed by atoms with E-state index in [9.17, 15) is 4.79 Å². The molecule has 4 heteroatoms. The topological polar surface area (TPSA) is 55.0 Å². The summed E-state index contributed by atoms with van der Waals surface area (Å²) >= 11 is 0. The van der Waals surface area contributed by atoms with Crippen LogP contribution in [0.1, 0.15) is 23.2 Å². The summed E-state index contributed by atoms with van der Waals surface area (Å²) in [5.74, 6) is 0.342. The van der Waals surface area contributed by atoms with Gasteiger partial charge in [0.05, 0.1) is 17.4 Å². The van der Waals surface area contributed by atoms with Crippen molar-refractivity contribution in [3.63, 3.8) is 0 Å². The third-order valence-corrected chi connectivity index (χ3v) is 3.30. The predicted molar refractivity (Wildman–Crippen MR) is 64.0 cm³/mol. The number of hydrogen-bond donors (Lipinski definition) is 1. The number of H-pyrrole nitrogens is 1. The SMILES string of the molecule is O=C(c1ccc2nc[nH]c2c1)C1CCOCC1. The summed E-state index contributed by atoms with van der Waals surface area (Å²) in [5.41, 5.74) is 2.59. The van der Waals surface area contributed by atoms with E-state index in [1.165, 1.54) is 0 Å². The van der Waals surface area contributed by atoms with Crippen molar-refractivity contribution in [2.24, 2.45) is 5.92 Å². The number of imidazole rings is 1. The average Bonchev–Trinajstić information content (AvgIpc) is 2.86. The van der Waals surface area contributed by atoms with E-state index in [0.717, 1.165) is 29.4 Å². The highest BCUT2D eigenvalue weighted by atomic mass is 16.5. The first kappa shape index (κ1) is 10.5. The molecule has 1 N–H and O–H groups in total. The first-order valence-corrected chi connectivity index (χ1v) is 5.90. The minimum Gasteiger partial charge on any atom is -0.381 e. The first-order chi connectivity index (χ1) is 8.34. The molecule has 0 atom stereocenters. The van der Waals surface area contributed by atoms with Gasteiger partial charge in [-0.05, 0) is 31.0 Å². The molecule has 1 fully saturated rings. The Morgan fingerprint density at radius 3 is 3.00 bits per heavy atom. The lowest BCUT2D eigenvalue weighted by Gasteiger charge is -2.20. The van der Waals surface area contributed by atoms with Gasteiger partial charge in [0.2, 0.25) is 0 Å². The quantitative estimate of drug-likeness (QED) is 0.804. The first-order valence-electron chi connectivity index (χ1n) is 5.90. The van der Waals surface area contributed by atoms with Crippen molar-refractivity contribution in [2.75, 3.05) is 13.2 Å². The van der Waals surface area contributed by atoms with E-state index in [4.69, 9.17) is 4.74 Å². The molecule has 0 amide bonds. The maximum Gasteiger partial charge on any atom is 0.166 e. The van der Waals surface area contributed by atoms with Gasteiger partial charge in [0.1, 0.15) is 0 Å². The summed E-state index contributed by atoms with van der Waals surface area (Å²) in [6, 6.07) is 5.64. The molecule has 4 nitrogen and oxygen atoms in total. The van der Waals surface area contributed by atoms with Crippen molar-refractivity contribution >= 4 is 16.8 Å². The molecule has 1 aliphatic rings. The second-order valence-electron chi connectivity index (χ2n) is 4.39. The van der Waals surface area contributed by atoms with Crippen LogP contribution in [0, 0.1) is 5.92 Å². The Morgan fingerprint density at radius 2 is 2.18 bits per heavy atom. The van der Waals surface area contributed by atoms with Crippen molar-refractivity contribution < 1.29 is 9.53 Å². The number of Topliss-reactive ketones (excluding diaryl/α,β-unsaturated/α-hetero) is 1. The lowest BCUT2D eigenvalue weighted by molar-refractivity contribution is 0.0545. The molecule has 0 radical (unpaired) electrons. The van der Waals surface area contributed by atoms with Gasteiger partial charge in [-0.25, -0.2) is 4.98 Å². The Bertz CT molecular complexity index is 541. The maximum atomic E-state index is 12.3. The summed E-state index contributed by atoms with van der Waals surface area (Å²) in [4.78, 5) is 19.4. The number of carbonyl (C=O) groups is 1. The largest absolute Gasteiger partial charge is 0.381 e. The molecule has 0 aliphatic carbocycles. The van der Waals surface area contributed by atoms with Crippen molar-refractivity contribution in [3.8, 4) is 0 Å². The van der Waals surface area contributed by atoms with Gasteiger partial charge >= 0.3 is 0 Å². The minimum absolute atomic E-state index is 0.115. The third kappa shape index (κ3) is 1.96. The van der Waals surface area contributed by atoms with Crippen molar-refractivity contribution in [1.29, 1.82) is 0 Å². The molecular formula is C13H14N2O2. The Kier molecular flexibility index (Phi) is 2.65. The second-order valence-corrected chi connectivity index (χ2v) is 4.39. The van der Waals surface area contributed by atoms with E-state index in [-0.39, 0.29) is 11.7 Å². The Balaban J connectivity index is 1.88. The van der Waals surface area contributed by atoms with Crippen LogP contribution in [-0.2, 0) is 4.74 Å². The fourth-order valence-corrected chi connectivity index (χ4v) is 2.28. The standard InChI is InChI=1S/C13H14N2O2/c16-13(9-3-5-17-6-4-9)10-1-2-11-12(7-10)15-8-14-11/h1-2,7-9H,3-6H2,(H,14,15). The summed E-state index contributed by atoms with van der Waals surface area (Å²) in [5, 5.41) is 0. The number of nitrogens with one attached hydrogen (secondary N) is 1. The fraction of sp³-hybridized carbons (Fsp3) is 0.385. The normalized spacial score (nSPS) is 17.4. The lowest BCUT2D eigenvalue weighted by Crippen LogP contribution is -2.23. The zero-order valence-electron chi connectivity index (χ0n) is 9.48. The molecule has 2 aromatic rings. The number of rotatable bonds is 2. The van der Waals surface area contributed by atoms with Gasteiger partial charge in [0.25, 0.3) is 0 Å². The molecule has 88 valence electrons. The van der Waals surface area contributed by atoms with Crippen LogP contribution in [-0.4, -0.2) is 29.0 Å². The number of fused-ring (bicyclic) bond motifs is 1. The average molecular weight is 230 g/mol. The van der Waals surface area contributed by atoms with E-state index in [0.29, 0.717) is 13.2 Å². The summed E-state index contributed by atoms with van der Waals surface area (Å²) in [7, 11) is 0. The molecule has 0 saturated carbocycles. The van der Waals surface area contributed by atoms with Gasteiger partial charge in [-0.1, -0.05) is 0 Å². The molecule has 0 unspecified atom stereocenters. The van der Waals surface area contributed by atoms with Crippen LogP contribution in [0.2, 0.25) is 0 Å². The highest BCUT2D eigenvalue weighted by Crippen LogP contribution is 2.21. The molecule has 2 heterocycles. The number of carbonyl (C=O) groups excluding carboxylic acids is 1. The molecule has 1 aromatic heterocycles. The molecule has 1 aliphatic heterocycles. The van der Waals surface area contributed by atoms with Crippen LogP contribution in [0.15, 0.2) is 24.5 Å². The number of ether oxygens (including phenoxy) is 1. The monoisotopic (exact) mass is 230 g/mol. The minimum atomic E-state index is 0.115. The lowest BCUT2D eigenvalue weighted by atomic mass is 9.91. The van der Waals surface area contributed by atoms with Crippen LogP contribution in [0.3, 0.4) is 0 Å². The Hall–Kier alpha value is -1.68. The number of aromatic amines is 1. The predicted octanol–water partition coefficient (Wildman–Crippen LogP) is 2.17. The van der Waals surface area contributed by atoms with Gasteiger partial charge in [0.15, 0.2) is 5.78 Å². The molecule has 0 bridgehead atoms. The van der Waals surface area contributed by atoms with Gasteiger partial charge in [-0.15, -0.1) is 0 Å². The number of ketones is 1. The summed E-state index contributed by atoms with van der Waals surface area (Å²) in [6.45, 7) is 1.39. The van der Waals surface area contributed by atoms with Crippen LogP contribution in [0.25, 0.3) is 11.0 Å². The summed E-state index contributed by atoms with van der Waals surface area (Å²) < 4.78 is 5.28. The smallest absolute Gasteiger partial charge is 0.166 e. The fourth-order valence-electron chi connectivity index (χ4n) is 2.28. The van der Waals surface area contributed by atoms with E-state index < -0.39 is 0 Å². The van der Waals surface area contributed by atoms with Crippen molar-refractivity contribution in [3.05, 3.63) is 30.1 Å². The second kappa shape index (κ2) is 4.30. The van der Waals surface area contributed by atoms with Crippen molar-refractivity contribution in [1.82, 2.24) is 9.97 Å².